The maximum atomic E-state index is 11.1. The fourth-order valence-corrected chi connectivity index (χ4v) is 1.07. The van der Waals surface area contributed by atoms with Gasteiger partial charge in [-0.25, -0.2) is 4.79 Å². The molecule has 1 aliphatic carbocycles. The zero-order chi connectivity index (χ0) is 11.3. The summed E-state index contributed by atoms with van der Waals surface area (Å²) in [6.07, 6.45) is 0.899. The van der Waals surface area contributed by atoms with Crippen molar-refractivity contribution < 1.29 is 19.8 Å². The normalized spacial score (nSPS) is 17.1. The minimum Gasteiger partial charge on any atom is -0.479 e. The smallest absolute Gasteiger partial charge is 0.334 e. The Morgan fingerprint density at radius 2 is 2.07 bits per heavy atom. The Morgan fingerprint density at radius 3 is 2.60 bits per heavy atom. The van der Waals surface area contributed by atoms with Crippen LogP contribution in [-0.2, 0) is 9.59 Å². The van der Waals surface area contributed by atoms with Gasteiger partial charge in [-0.3, -0.25) is 4.79 Å². The number of nitrogens with one attached hydrogen (secondary N) is 2. The number of carboxylic acid groups (broad SMARTS) is 1. The third kappa shape index (κ3) is 5.34. The molecule has 0 aliphatic heterocycles. The molecule has 1 amide bonds. The minimum atomic E-state index is -1.53. The largest absolute Gasteiger partial charge is 0.479 e. The van der Waals surface area contributed by atoms with E-state index in [4.69, 9.17) is 10.2 Å². The summed E-state index contributed by atoms with van der Waals surface area (Å²) in [5.41, 5.74) is 0. The maximum Gasteiger partial charge on any atom is 0.334 e. The van der Waals surface area contributed by atoms with Crippen LogP contribution in [0.1, 0.15) is 12.8 Å². The van der Waals surface area contributed by atoms with Gasteiger partial charge in [0.05, 0.1) is 13.1 Å². The van der Waals surface area contributed by atoms with E-state index in [0.29, 0.717) is 5.92 Å². The van der Waals surface area contributed by atoms with E-state index in [1.165, 1.54) is 12.8 Å². The molecule has 0 aromatic heterocycles. The number of carbonyl (C=O) groups excluding carboxylic acids is 1. The number of carbonyl (C=O) groups is 2. The average Bonchev–Trinajstić information content (AvgIpc) is 2.97. The van der Waals surface area contributed by atoms with Crippen LogP contribution in [0.25, 0.3) is 0 Å². The molecule has 1 saturated carbocycles. The van der Waals surface area contributed by atoms with E-state index in [2.05, 4.69) is 10.6 Å². The van der Waals surface area contributed by atoms with E-state index in [9.17, 15) is 9.59 Å². The summed E-state index contributed by atoms with van der Waals surface area (Å²) in [6.45, 7) is 0.747. The Morgan fingerprint density at radius 1 is 1.40 bits per heavy atom. The van der Waals surface area contributed by atoms with Crippen molar-refractivity contribution in [3.8, 4) is 0 Å². The van der Waals surface area contributed by atoms with Crippen LogP contribution in [0.2, 0.25) is 0 Å². The molecule has 0 spiro atoms. The maximum absolute atomic E-state index is 11.1. The van der Waals surface area contributed by atoms with E-state index in [0.717, 1.165) is 6.54 Å². The fraction of sp³-hybridized carbons (Fsp3) is 0.778. The van der Waals surface area contributed by atoms with Gasteiger partial charge < -0.3 is 20.8 Å². The van der Waals surface area contributed by atoms with Crippen molar-refractivity contribution in [2.45, 2.75) is 18.9 Å². The molecule has 1 aliphatic rings. The molecule has 0 aromatic carbocycles. The number of aliphatic hydroxyl groups is 1. The van der Waals surface area contributed by atoms with Crippen LogP contribution in [0.5, 0.6) is 0 Å². The molecule has 6 nitrogen and oxygen atoms in total. The van der Waals surface area contributed by atoms with Crippen molar-refractivity contribution >= 4 is 11.9 Å². The van der Waals surface area contributed by atoms with Gasteiger partial charge in [0.25, 0.3) is 0 Å². The fourth-order valence-electron chi connectivity index (χ4n) is 1.07. The van der Waals surface area contributed by atoms with Gasteiger partial charge in [-0.2, -0.15) is 0 Å². The summed E-state index contributed by atoms with van der Waals surface area (Å²) < 4.78 is 0. The molecule has 1 rings (SSSR count). The van der Waals surface area contributed by atoms with Crippen LogP contribution in [0.3, 0.4) is 0 Å². The molecule has 1 unspecified atom stereocenters. The average molecular weight is 216 g/mol. The Labute approximate surface area is 87.7 Å². The monoisotopic (exact) mass is 216 g/mol. The lowest BCUT2D eigenvalue weighted by Crippen LogP contribution is -2.40. The van der Waals surface area contributed by atoms with E-state index < -0.39 is 12.1 Å². The van der Waals surface area contributed by atoms with Crippen molar-refractivity contribution in [1.29, 1.82) is 0 Å². The Hall–Kier alpha value is -1.14. The number of hydrogen-bond donors (Lipinski definition) is 4. The Balaban J connectivity index is 1.99. The van der Waals surface area contributed by atoms with Crippen molar-refractivity contribution in [3.63, 3.8) is 0 Å². The second-order valence-corrected chi connectivity index (χ2v) is 3.73. The third-order valence-corrected chi connectivity index (χ3v) is 2.19. The van der Waals surface area contributed by atoms with E-state index in [1.807, 2.05) is 0 Å². The third-order valence-electron chi connectivity index (χ3n) is 2.19. The summed E-state index contributed by atoms with van der Waals surface area (Å²) in [6, 6.07) is 0. The van der Waals surface area contributed by atoms with Gasteiger partial charge in [0.1, 0.15) is 0 Å². The van der Waals surface area contributed by atoms with Gasteiger partial charge in [0.2, 0.25) is 5.91 Å². The number of hydrogen-bond acceptors (Lipinski definition) is 4. The van der Waals surface area contributed by atoms with Gasteiger partial charge in [-0.05, 0) is 25.3 Å². The minimum absolute atomic E-state index is 0.169. The van der Waals surface area contributed by atoms with Crippen molar-refractivity contribution in [2.24, 2.45) is 5.92 Å². The van der Waals surface area contributed by atoms with Gasteiger partial charge in [0, 0.05) is 0 Å². The zero-order valence-corrected chi connectivity index (χ0v) is 8.40. The van der Waals surface area contributed by atoms with Gasteiger partial charge in [0.15, 0.2) is 6.10 Å². The van der Waals surface area contributed by atoms with Gasteiger partial charge in [-0.15, -0.1) is 0 Å². The van der Waals surface area contributed by atoms with Crippen molar-refractivity contribution in [3.05, 3.63) is 0 Å². The molecule has 86 valence electrons. The highest BCUT2D eigenvalue weighted by Gasteiger charge is 2.20. The van der Waals surface area contributed by atoms with Gasteiger partial charge in [-0.1, -0.05) is 0 Å². The first kappa shape index (κ1) is 11.9. The van der Waals surface area contributed by atoms with Crippen LogP contribution in [-0.4, -0.2) is 47.8 Å². The van der Waals surface area contributed by atoms with Crippen LogP contribution in [0.15, 0.2) is 0 Å². The summed E-state index contributed by atoms with van der Waals surface area (Å²) >= 11 is 0. The van der Waals surface area contributed by atoms with Crippen LogP contribution < -0.4 is 10.6 Å². The van der Waals surface area contributed by atoms with Crippen molar-refractivity contribution in [2.75, 3.05) is 19.6 Å². The first-order chi connectivity index (χ1) is 7.09. The molecule has 0 aromatic rings. The molecule has 1 atom stereocenters. The molecule has 6 heteroatoms. The second-order valence-electron chi connectivity index (χ2n) is 3.73. The second kappa shape index (κ2) is 5.67. The number of carboxylic acids is 1. The molecule has 15 heavy (non-hydrogen) atoms. The van der Waals surface area contributed by atoms with Crippen molar-refractivity contribution in [1.82, 2.24) is 10.6 Å². The standard InChI is InChI=1S/C9H16N2O4/c12-7(9(14)15)4-11-8(13)5-10-3-6-1-2-6/h6-7,10,12H,1-5H2,(H,11,13)(H,14,15). The van der Waals surface area contributed by atoms with Crippen LogP contribution >= 0.6 is 0 Å². The molecular weight excluding hydrogens is 200 g/mol. The Kier molecular flexibility index (Phi) is 4.51. The number of rotatable bonds is 7. The number of aliphatic hydroxyl groups excluding tert-OH is 1. The van der Waals surface area contributed by atoms with Crippen LogP contribution in [0.4, 0.5) is 0 Å². The molecule has 0 saturated heterocycles. The number of amides is 1. The first-order valence-electron chi connectivity index (χ1n) is 4.98. The predicted molar refractivity (Wildman–Crippen MR) is 52.2 cm³/mol. The Bertz CT molecular complexity index is 240. The topological polar surface area (TPSA) is 98.7 Å². The summed E-state index contributed by atoms with van der Waals surface area (Å²) in [5, 5.41) is 22.5. The quantitative estimate of drug-likeness (QED) is 0.417. The highest BCUT2D eigenvalue weighted by molar-refractivity contribution is 5.79. The lowest BCUT2D eigenvalue weighted by atomic mass is 10.3. The predicted octanol–water partition coefficient (Wildman–Crippen LogP) is -1.45. The van der Waals surface area contributed by atoms with Gasteiger partial charge >= 0.3 is 5.97 Å². The molecule has 4 N–H and O–H groups in total. The molecule has 1 fully saturated rings. The molecular formula is C9H16N2O4. The van der Waals surface area contributed by atoms with E-state index in [-0.39, 0.29) is 19.0 Å². The SMILES string of the molecule is O=C(CNCC1CC1)NCC(O)C(=O)O. The highest BCUT2D eigenvalue weighted by atomic mass is 16.4. The number of aliphatic carboxylic acids is 1. The lowest BCUT2D eigenvalue weighted by Gasteiger charge is -2.08. The zero-order valence-electron chi connectivity index (χ0n) is 8.40. The summed E-state index contributed by atoms with van der Waals surface area (Å²) in [4.78, 5) is 21.3. The molecule has 0 heterocycles. The summed E-state index contributed by atoms with van der Waals surface area (Å²) in [5.74, 6) is -0.931. The molecule has 0 radical (unpaired) electrons. The van der Waals surface area contributed by atoms with E-state index in [1.54, 1.807) is 0 Å². The lowest BCUT2D eigenvalue weighted by molar-refractivity contribution is -0.146. The van der Waals surface area contributed by atoms with Crippen LogP contribution in [0, 0.1) is 5.92 Å². The first-order valence-corrected chi connectivity index (χ1v) is 4.98. The van der Waals surface area contributed by atoms with E-state index >= 15 is 0 Å². The summed E-state index contributed by atoms with van der Waals surface area (Å²) in [7, 11) is 0. The highest BCUT2D eigenvalue weighted by Crippen LogP contribution is 2.27. The molecule has 0 bridgehead atoms.